The Kier molecular flexibility index (Phi) is 6.60. The van der Waals surface area contributed by atoms with E-state index in [-0.39, 0.29) is 23.8 Å². The maximum atomic E-state index is 12.7. The molecule has 1 aromatic rings. The SMILES string of the molecule is CC(C)c1cccc2c1OC(C(C)C)CN2C(=O)/C=C/C(=O)NCC(=O)O. The number of carbonyl (C=O) groups is 3. The number of ether oxygens (including phenoxy) is 1. The van der Waals surface area contributed by atoms with Crippen molar-refractivity contribution in [3.8, 4) is 5.75 Å². The molecule has 1 heterocycles. The molecule has 2 amide bonds. The van der Waals surface area contributed by atoms with E-state index < -0.39 is 18.4 Å². The van der Waals surface area contributed by atoms with Gasteiger partial charge in [-0.2, -0.15) is 0 Å². The van der Waals surface area contributed by atoms with Gasteiger partial charge in [0.2, 0.25) is 5.91 Å². The summed E-state index contributed by atoms with van der Waals surface area (Å²) >= 11 is 0. The number of nitrogens with zero attached hydrogens (tertiary/aromatic N) is 1. The lowest BCUT2D eigenvalue weighted by molar-refractivity contribution is -0.137. The van der Waals surface area contributed by atoms with Gasteiger partial charge in [-0.3, -0.25) is 14.4 Å². The van der Waals surface area contributed by atoms with E-state index in [1.807, 2.05) is 32.0 Å². The molecule has 1 aliphatic rings. The molecule has 0 saturated heterocycles. The van der Waals surface area contributed by atoms with E-state index in [1.165, 1.54) is 0 Å². The molecule has 1 aliphatic heterocycles. The van der Waals surface area contributed by atoms with Gasteiger partial charge in [0.05, 0.1) is 12.2 Å². The van der Waals surface area contributed by atoms with Crippen LogP contribution in [-0.4, -0.2) is 42.1 Å². The number of aliphatic carboxylic acids is 1. The van der Waals surface area contributed by atoms with E-state index in [1.54, 1.807) is 4.90 Å². The summed E-state index contributed by atoms with van der Waals surface area (Å²) in [5, 5.41) is 10.8. The van der Waals surface area contributed by atoms with E-state index in [4.69, 9.17) is 9.84 Å². The fourth-order valence-electron chi connectivity index (χ4n) is 2.82. The zero-order chi connectivity index (χ0) is 20.1. The molecule has 0 aliphatic carbocycles. The smallest absolute Gasteiger partial charge is 0.322 e. The second-order valence-electron chi connectivity index (χ2n) is 7.14. The number of hydrogen-bond donors (Lipinski definition) is 2. The molecule has 7 heteroatoms. The molecule has 0 fully saturated rings. The normalized spacial score (nSPS) is 16.4. The summed E-state index contributed by atoms with van der Waals surface area (Å²) in [5.41, 5.74) is 1.71. The van der Waals surface area contributed by atoms with Crippen molar-refractivity contribution < 1.29 is 24.2 Å². The summed E-state index contributed by atoms with van der Waals surface area (Å²) in [7, 11) is 0. The Labute approximate surface area is 159 Å². The quantitative estimate of drug-likeness (QED) is 0.745. The van der Waals surface area contributed by atoms with Crippen molar-refractivity contribution in [2.24, 2.45) is 5.92 Å². The first-order valence-corrected chi connectivity index (χ1v) is 8.99. The van der Waals surface area contributed by atoms with Gasteiger partial charge >= 0.3 is 5.97 Å². The fraction of sp³-hybridized carbons (Fsp3) is 0.450. The second-order valence-corrected chi connectivity index (χ2v) is 7.14. The van der Waals surface area contributed by atoms with Crippen molar-refractivity contribution in [1.29, 1.82) is 0 Å². The molecule has 0 spiro atoms. The predicted molar refractivity (Wildman–Crippen MR) is 102 cm³/mol. The number of fused-ring (bicyclic) bond motifs is 1. The summed E-state index contributed by atoms with van der Waals surface area (Å²) in [6.07, 6.45) is 2.05. The summed E-state index contributed by atoms with van der Waals surface area (Å²) in [6, 6.07) is 5.70. The highest BCUT2D eigenvalue weighted by Gasteiger charge is 2.32. The highest BCUT2D eigenvalue weighted by atomic mass is 16.5. The molecule has 0 saturated carbocycles. The van der Waals surface area contributed by atoms with E-state index >= 15 is 0 Å². The lowest BCUT2D eigenvalue weighted by atomic mass is 9.97. The van der Waals surface area contributed by atoms with Gasteiger partial charge in [0.15, 0.2) is 0 Å². The van der Waals surface area contributed by atoms with E-state index in [0.29, 0.717) is 18.0 Å². The van der Waals surface area contributed by atoms with Crippen molar-refractivity contribution in [3.63, 3.8) is 0 Å². The highest BCUT2D eigenvalue weighted by Crippen LogP contribution is 2.40. The Morgan fingerprint density at radius 1 is 1.26 bits per heavy atom. The molecular weight excluding hydrogens is 348 g/mol. The van der Waals surface area contributed by atoms with Crippen LogP contribution in [0.25, 0.3) is 0 Å². The summed E-state index contributed by atoms with van der Waals surface area (Å²) in [6.45, 7) is 8.08. The van der Waals surface area contributed by atoms with Gasteiger partial charge in [0, 0.05) is 12.2 Å². The largest absolute Gasteiger partial charge is 0.486 e. The van der Waals surface area contributed by atoms with Crippen LogP contribution in [-0.2, 0) is 14.4 Å². The minimum Gasteiger partial charge on any atom is -0.486 e. The Hall–Kier alpha value is -2.83. The van der Waals surface area contributed by atoms with Crippen LogP contribution in [0.3, 0.4) is 0 Å². The Bertz CT molecular complexity index is 755. The zero-order valence-corrected chi connectivity index (χ0v) is 16.1. The van der Waals surface area contributed by atoms with Gasteiger partial charge in [-0.05, 0) is 23.5 Å². The first-order chi connectivity index (χ1) is 12.7. The predicted octanol–water partition coefficient (Wildman–Crippen LogP) is 2.32. The molecule has 146 valence electrons. The number of rotatable bonds is 6. The van der Waals surface area contributed by atoms with Gasteiger partial charge in [-0.25, -0.2) is 0 Å². The Morgan fingerprint density at radius 2 is 1.96 bits per heavy atom. The number of carbonyl (C=O) groups excluding carboxylic acids is 2. The minimum atomic E-state index is -1.15. The van der Waals surface area contributed by atoms with Crippen LogP contribution in [0.1, 0.15) is 39.2 Å². The number of nitrogens with one attached hydrogen (secondary N) is 1. The average Bonchev–Trinajstić information content (AvgIpc) is 2.62. The zero-order valence-electron chi connectivity index (χ0n) is 16.1. The first kappa shape index (κ1) is 20.5. The highest BCUT2D eigenvalue weighted by molar-refractivity contribution is 6.06. The molecular formula is C20H26N2O5. The third-order valence-electron chi connectivity index (χ3n) is 4.37. The van der Waals surface area contributed by atoms with Crippen molar-refractivity contribution in [2.45, 2.75) is 39.7 Å². The Morgan fingerprint density at radius 3 is 2.56 bits per heavy atom. The second kappa shape index (κ2) is 8.70. The van der Waals surface area contributed by atoms with Gasteiger partial charge in [-0.15, -0.1) is 0 Å². The third-order valence-corrected chi connectivity index (χ3v) is 4.37. The van der Waals surface area contributed by atoms with Crippen LogP contribution in [0, 0.1) is 5.92 Å². The van der Waals surface area contributed by atoms with E-state index in [2.05, 4.69) is 19.2 Å². The van der Waals surface area contributed by atoms with Crippen LogP contribution in [0.5, 0.6) is 5.75 Å². The van der Waals surface area contributed by atoms with Gasteiger partial charge in [0.1, 0.15) is 18.4 Å². The lowest BCUT2D eigenvalue weighted by Crippen LogP contribution is -2.45. The Balaban J connectivity index is 2.28. The van der Waals surface area contributed by atoms with Crippen molar-refractivity contribution >= 4 is 23.5 Å². The summed E-state index contributed by atoms with van der Waals surface area (Å²) < 4.78 is 6.19. The van der Waals surface area contributed by atoms with Crippen LogP contribution in [0.2, 0.25) is 0 Å². The lowest BCUT2D eigenvalue weighted by Gasteiger charge is -2.37. The number of carboxylic acids is 1. The minimum absolute atomic E-state index is 0.157. The van der Waals surface area contributed by atoms with E-state index in [0.717, 1.165) is 17.7 Å². The standard InChI is InChI=1S/C20H26N2O5/c1-12(2)14-6-5-7-15-20(14)27-16(13(3)4)11-22(15)18(24)9-8-17(23)21-10-19(25)26/h5-9,12-13,16H,10-11H2,1-4H3,(H,21,23)(H,25,26)/b9-8+. The molecule has 2 rings (SSSR count). The number of amides is 2. The molecule has 1 atom stereocenters. The third kappa shape index (κ3) is 5.09. The van der Waals surface area contributed by atoms with Crippen molar-refractivity contribution in [1.82, 2.24) is 5.32 Å². The van der Waals surface area contributed by atoms with Gasteiger partial charge < -0.3 is 20.1 Å². The maximum Gasteiger partial charge on any atom is 0.322 e. The van der Waals surface area contributed by atoms with Gasteiger partial charge in [0.25, 0.3) is 5.91 Å². The number of carboxylic acid groups (broad SMARTS) is 1. The topological polar surface area (TPSA) is 95.9 Å². The molecule has 0 radical (unpaired) electrons. The monoisotopic (exact) mass is 374 g/mol. The van der Waals surface area contributed by atoms with Crippen LogP contribution >= 0.6 is 0 Å². The average molecular weight is 374 g/mol. The number of benzene rings is 1. The number of hydrogen-bond acceptors (Lipinski definition) is 4. The molecule has 27 heavy (non-hydrogen) atoms. The van der Waals surface area contributed by atoms with Crippen molar-refractivity contribution in [3.05, 3.63) is 35.9 Å². The van der Waals surface area contributed by atoms with Crippen LogP contribution < -0.4 is 15.0 Å². The summed E-state index contributed by atoms with van der Waals surface area (Å²) in [4.78, 5) is 36.5. The van der Waals surface area contributed by atoms with Crippen molar-refractivity contribution in [2.75, 3.05) is 18.0 Å². The number of para-hydroxylation sites is 1. The molecule has 1 aromatic carbocycles. The van der Waals surface area contributed by atoms with Crippen LogP contribution in [0.4, 0.5) is 5.69 Å². The maximum absolute atomic E-state index is 12.7. The van der Waals surface area contributed by atoms with E-state index in [9.17, 15) is 14.4 Å². The molecule has 2 N–H and O–H groups in total. The fourth-order valence-corrected chi connectivity index (χ4v) is 2.82. The number of anilines is 1. The van der Waals surface area contributed by atoms with Gasteiger partial charge in [-0.1, -0.05) is 39.8 Å². The molecule has 0 aromatic heterocycles. The molecule has 0 bridgehead atoms. The first-order valence-electron chi connectivity index (χ1n) is 8.99. The molecule has 1 unspecified atom stereocenters. The summed E-state index contributed by atoms with van der Waals surface area (Å²) in [5.74, 6) is -0.982. The van der Waals surface area contributed by atoms with Crippen LogP contribution in [0.15, 0.2) is 30.4 Å². The molecule has 7 nitrogen and oxygen atoms in total.